The Bertz CT molecular complexity index is 1800. The average Bonchev–Trinajstić information content (AvgIpc) is 3.46. The van der Waals surface area contributed by atoms with E-state index >= 15 is 0 Å². The van der Waals surface area contributed by atoms with Gasteiger partial charge >= 0.3 is 0 Å². The maximum absolute atomic E-state index is 12.8. The van der Waals surface area contributed by atoms with Gasteiger partial charge < -0.3 is 14.9 Å². The molecule has 0 bridgehead atoms. The van der Waals surface area contributed by atoms with Crippen molar-refractivity contribution in [1.82, 2.24) is 19.5 Å². The molecule has 0 radical (unpaired) electrons. The summed E-state index contributed by atoms with van der Waals surface area (Å²) in [6.45, 7) is 0.596. The standard InChI is InChI=1S/C29H20Cl2N6O2S/c30-24-8-7-21(13-25(24)31)27(38)34-22-6-2-4-19(12-22)16-40-29-35-26(23(14-32)28(39)36-29)20-5-1-3-18(11-20)15-37-10-9-33-17-37/h1-13,17H,15-16H2,(H,34,38)(H,35,36,39). The highest BCUT2D eigenvalue weighted by Gasteiger charge is 2.15. The fourth-order valence-electron chi connectivity index (χ4n) is 3.97. The lowest BCUT2D eigenvalue weighted by Gasteiger charge is -2.10. The lowest BCUT2D eigenvalue weighted by molar-refractivity contribution is 0.102. The van der Waals surface area contributed by atoms with Gasteiger partial charge in [0.25, 0.3) is 11.5 Å². The molecule has 0 fully saturated rings. The highest BCUT2D eigenvalue weighted by molar-refractivity contribution is 7.98. The number of aromatic nitrogens is 4. The van der Waals surface area contributed by atoms with Crippen LogP contribution in [0.5, 0.6) is 0 Å². The zero-order chi connectivity index (χ0) is 28.1. The number of carbonyl (C=O) groups excluding carboxylic acids is 1. The van der Waals surface area contributed by atoms with Gasteiger partial charge in [-0.05, 0) is 47.5 Å². The fraction of sp³-hybridized carbons (Fsp3) is 0.0690. The maximum atomic E-state index is 12.8. The van der Waals surface area contributed by atoms with Crippen LogP contribution in [0.3, 0.4) is 0 Å². The van der Waals surface area contributed by atoms with Crippen molar-refractivity contribution in [2.24, 2.45) is 0 Å². The van der Waals surface area contributed by atoms with E-state index in [2.05, 4.69) is 20.3 Å². The summed E-state index contributed by atoms with van der Waals surface area (Å²) in [4.78, 5) is 36.8. The SMILES string of the molecule is N#Cc1c(-c2cccc(Cn3ccnc3)c2)nc(SCc2cccc(NC(=O)c3ccc(Cl)c(Cl)c3)c2)[nH]c1=O. The Labute approximate surface area is 243 Å². The van der Waals surface area contributed by atoms with Crippen LogP contribution in [-0.2, 0) is 12.3 Å². The van der Waals surface area contributed by atoms with Crippen LogP contribution in [-0.4, -0.2) is 25.4 Å². The van der Waals surface area contributed by atoms with Gasteiger partial charge in [0.05, 0.1) is 22.1 Å². The van der Waals surface area contributed by atoms with Crippen LogP contribution in [0.4, 0.5) is 5.69 Å². The number of imidazole rings is 1. The van der Waals surface area contributed by atoms with E-state index in [1.165, 1.54) is 17.8 Å². The quantitative estimate of drug-likeness (QED) is 0.160. The second-order valence-corrected chi connectivity index (χ2v) is 10.5. The molecule has 5 aromatic rings. The van der Waals surface area contributed by atoms with Crippen LogP contribution < -0.4 is 10.9 Å². The van der Waals surface area contributed by atoms with Gasteiger partial charge in [0.2, 0.25) is 0 Å². The molecule has 198 valence electrons. The van der Waals surface area contributed by atoms with Crippen LogP contribution >= 0.6 is 35.0 Å². The Kier molecular flexibility index (Phi) is 8.31. The number of nitrogens with one attached hydrogen (secondary N) is 2. The molecule has 5 rings (SSSR count). The van der Waals surface area contributed by atoms with E-state index in [0.29, 0.717) is 50.0 Å². The summed E-state index contributed by atoms with van der Waals surface area (Å²) in [5, 5.41) is 13.6. The summed E-state index contributed by atoms with van der Waals surface area (Å²) in [7, 11) is 0. The third-order valence-corrected chi connectivity index (χ3v) is 7.56. The minimum absolute atomic E-state index is 0.0452. The van der Waals surface area contributed by atoms with Crippen molar-refractivity contribution >= 4 is 46.6 Å². The number of halogens is 2. The van der Waals surface area contributed by atoms with Crippen molar-refractivity contribution in [2.45, 2.75) is 17.5 Å². The Morgan fingerprint density at radius 3 is 2.65 bits per heavy atom. The first-order chi connectivity index (χ1) is 19.4. The molecule has 0 aliphatic rings. The van der Waals surface area contributed by atoms with E-state index in [0.717, 1.165) is 11.1 Å². The third-order valence-electron chi connectivity index (χ3n) is 5.88. The summed E-state index contributed by atoms with van der Waals surface area (Å²) in [5.74, 6) is 0.146. The molecule has 40 heavy (non-hydrogen) atoms. The largest absolute Gasteiger partial charge is 0.333 e. The predicted octanol–water partition coefficient (Wildman–Crippen LogP) is 6.40. The van der Waals surface area contributed by atoms with Crippen LogP contribution in [0.15, 0.2) is 95.4 Å². The summed E-state index contributed by atoms with van der Waals surface area (Å²) >= 11 is 13.3. The normalized spacial score (nSPS) is 10.7. The minimum atomic E-state index is -0.502. The number of H-pyrrole nitrogens is 1. The van der Waals surface area contributed by atoms with Crippen molar-refractivity contribution in [3.05, 3.63) is 128 Å². The molecule has 0 spiro atoms. The Morgan fingerprint density at radius 1 is 1.05 bits per heavy atom. The molecule has 2 heterocycles. The second-order valence-electron chi connectivity index (χ2n) is 8.71. The van der Waals surface area contributed by atoms with Crippen molar-refractivity contribution in [3.63, 3.8) is 0 Å². The van der Waals surface area contributed by atoms with Gasteiger partial charge in [-0.25, -0.2) is 9.97 Å². The lowest BCUT2D eigenvalue weighted by atomic mass is 10.0. The number of thioether (sulfide) groups is 1. The zero-order valence-corrected chi connectivity index (χ0v) is 23.1. The van der Waals surface area contributed by atoms with Gasteiger partial charge in [-0.2, -0.15) is 5.26 Å². The summed E-state index contributed by atoms with van der Waals surface area (Å²) in [6.07, 6.45) is 5.29. The zero-order valence-electron chi connectivity index (χ0n) is 20.8. The molecule has 0 unspecified atom stereocenters. The van der Waals surface area contributed by atoms with Crippen LogP contribution in [0.25, 0.3) is 11.3 Å². The number of hydrogen-bond acceptors (Lipinski definition) is 6. The van der Waals surface area contributed by atoms with Crippen molar-refractivity contribution < 1.29 is 4.79 Å². The van der Waals surface area contributed by atoms with E-state index in [4.69, 9.17) is 23.2 Å². The smallest absolute Gasteiger partial charge is 0.270 e. The number of amides is 1. The molecule has 0 saturated carbocycles. The van der Waals surface area contributed by atoms with Gasteiger partial charge in [0.15, 0.2) is 5.16 Å². The Morgan fingerprint density at radius 2 is 1.88 bits per heavy atom. The van der Waals surface area contributed by atoms with Crippen molar-refractivity contribution in [2.75, 3.05) is 5.32 Å². The molecule has 0 atom stereocenters. The van der Waals surface area contributed by atoms with E-state index in [1.807, 2.05) is 59.3 Å². The van der Waals surface area contributed by atoms with Gasteiger partial charge in [-0.3, -0.25) is 9.59 Å². The van der Waals surface area contributed by atoms with Gasteiger partial charge in [-0.15, -0.1) is 0 Å². The first-order valence-electron chi connectivity index (χ1n) is 12.0. The first-order valence-corrected chi connectivity index (χ1v) is 13.7. The van der Waals surface area contributed by atoms with Gasteiger partial charge in [-0.1, -0.05) is 65.3 Å². The molecular formula is C29H20Cl2N6O2S. The number of nitrogens with zero attached hydrogens (tertiary/aromatic N) is 4. The van der Waals surface area contributed by atoms with Gasteiger partial charge in [0, 0.05) is 41.5 Å². The summed E-state index contributed by atoms with van der Waals surface area (Å²) in [6, 6.07) is 21.6. The number of anilines is 1. The number of rotatable bonds is 8. The van der Waals surface area contributed by atoms with Crippen LogP contribution in [0.2, 0.25) is 10.0 Å². The number of aromatic amines is 1. The molecule has 0 aliphatic carbocycles. The molecule has 0 aliphatic heterocycles. The van der Waals surface area contributed by atoms with E-state index in [1.54, 1.807) is 30.7 Å². The topological polar surface area (TPSA) is 116 Å². The lowest BCUT2D eigenvalue weighted by Crippen LogP contribution is -2.15. The summed E-state index contributed by atoms with van der Waals surface area (Å²) < 4.78 is 1.93. The second kappa shape index (κ2) is 12.2. The third kappa shape index (κ3) is 6.43. The van der Waals surface area contributed by atoms with E-state index in [9.17, 15) is 14.9 Å². The number of nitriles is 1. The number of carbonyl (C=O) groups is 1. The first kappa shape index (κ1) is 27.2. The molecule has 3 aromatic carbocycles. The van der Waals surface area contributed by atoms with Crippen molar-refractivity contribution in [3.8, 4) is 17.3 Å². The molecule has 2 N–H and O–H groups in total. The predicted molar refractivity (Wildman–Crippen MR) is 157 cm³/mol. The molecular weight excluding hydrogens is 567 g/mol. The fourth-order valence-corrected chi connectivity index (χ4v) is 5.07. The molecule has 11 heteroatoms. The van der Waals surface area contributed by atoms with E-state index < -0.39 is 5.56 Å². The monoisotopic (exact) mass is 586 g/mol. The molecule has 2 aromatic heterocycles. The van der Waals surface area contributed by atoms with Crippen LogP contribution in [0.1, 0.15) is 27.0 Å². The van der Waals surface area contributed by atoms with Crippen LogP contribution in [0, 0.1) is 11.3 Å². The Balaban J connectivity index is 1.33. The maximum Gasteiger partial charge on any atom is 0.270 e. The average molecular weight is 587 g/mol. The molecule has 1 amide bonds. The summed E-state index contributed by atoms with van der Waals surface area (Å²) in [5.41, 5.74) is 3.32. The van der Waals surface area contributed by atoms with E-state index in [-0.39, 0.29) is 11.5 Å². The number of hydrogen-bond donors (Lipinski definition) is 2. The van der Waals surface area contributed by atoms with Crippen molar-refractivity contribution in [1.29, 1.82) is 5.26 Å². The highest BCUT2D eigenvalue weighted by Crippen LogP contribution is 2.27. The number of benzene rings is 3. The molecule has 0 saturated heterocycles. The highest BCUT2D eigenvalue weighted by atomic mass is 35.5. The minimum Gasteiger partial charge on any atom is -0.333 e. The molecule has 8 nitrogen and oxygen atoms in total. The Hall–Kier alpha value is -4.36. The van der Waals surface area contributed by atoms with Gasteiger partial charge in [0.1, 0.15) is 11.6 Å².